The predicted molar refractivity (Wildman–Crippen MR) is 85.0 cm³/mol. The van der Waals surface area contributed by atoms with Crippen molar-refractivity contribution in [2.45, 2.75) is 25.7 Å². The number of rotatable bonds is 3. The number of thiophene rings is 1. The molecule has 0 bridgehead atoms. The van der Waals surface area contributed by atoms with Gasteiger partial charge in [-0.3, -0.25) is 0 Å². The molecule has 0 atom stereocenters. The fourth-order valence-electron chi connectivity index (χ4n) is 2.84. The zero-order valence-electron chi connectivity index (χ0n) is 12.1. The monoisotopic (exact) mass is 328 g/mol. The van der Waals surface area contributed by atoms with Crippen LogP contribution in [0.4, 0.5) is 5.82 Å². The van der Waals surface area contributed by atoms with Crippen molar-refractivity contribution in [2.75, 3.05) is 0 Å². The summed E-state index contributed by atoms with van der Waals surface area (Å²) in [5.41, 5.74) is 1.22. The van der Waals surface area contributed by atoms with Crippen LogP contribution in [0.15, 0.2) is 24.7 Å². The first-order valence-corrected chi connectivity index (χ1v) is 8.08. The molecule has 0 N–H and O–H groups in total. The second kappa shape index (κ2) is 5.54. The van der Waals surface area contributed by atoms with Crippen LogP contribution in [-0.2, 0) is 12.8 Å². The zero-order chi connectivity index (χ0) is 15.8. The van der Waals surface area contributed by atoms with Crippen molar-refractivity contribution in [3.63, 3.8) is 0 Å². The summed E-state index contributed by atoms with van der Waals surface area (Å²) in [6, 6.07) is 3.13. The number of aryl methyl sites for hydroxylation is 2. The van der Waals surface area contributed by atoms with Gasteiger partial charge < -0.3 is 14.9 Å². The van der Waals surface area contributed by atoms with Crippen molar-refractivity contribution in [1.29, 1.82) is 0 Å². The minimum atomic E-state index is -0.559. The Balaban J connectivity index is 1.84. The Morgan fingerprint density at radius 1 is 1.22 bits per heavy atom. The van der Waals surface area contributed by atoms with E-state index >= 15 is 0 Å². The highest BCUT2D eigenvalue weighted by atomic mass is 32.1. The van der Waals surface area contributed by atoms with Gasteiger partial charge in [-0.25, -0.2) is 9.97 Å². The number of pyridine rings is 1. The molecule has 0 saturated carbocycles. The van der Waals surface area contributed by atoms with Gasteiger partial charge in [0.1, 0.15) is 17.4 Å². The molecule has 1 aliphatic rings. The summed E-state index contributed by atoms with van der Waals surface area (Å²) in [4.78, 5) is 25.0. The van der Waals surface area contributed by atoms with Crippen LogP contribution in [0.5, 0.6) is 11.6 Å². The van der Waals surface area contributed by atoms with E-state index in [1.54, 1.807) is 17.4 Å². The topological polar surface area (TPSA) is 91.0 Å². The average molecular weight is 328 g/mol. The van der Waals surface area contributed by atoms with Gasteiger partial charge in [-0.05, 0) is 53.3 Å². The van der Waals surface area contributed by atoms with Crippen molar-refractivity contribution in [2.24, 2.45) is 0 Å². The average Bonchev–Trinajstić information content (AvgIpc) is 2.94. The third kappa shape index (κ3) is 2.40. The van der Waals surface area contributed by atoms with E-state index in [9.17, 15) is 10.1 Å². The molecular weight excluding hydrogens is 316 g/mol. The molecule has 0 saturated heterocycles. The van der Waals surface area contributed by atoms with Crippen LogP contribution in [0.2, 0.25) is 0 Å². The normalized spacial score (nSPS) is 13.7. The van der Waals surface area contributed by atoms with Crippen LogP contribution in [0.1, 0.15) is 23.3 Å². The van der Waals surface area contributed by atoms with E-state index in [4.69, 9.17) is 4.74 Å². The maximum Gasteiger partial charge on any atom is 0.406 e. The first-order valence-electron chi connectivity index (χ1n) is 7.26. The first kappa shape index (κ1) is 14.0. The van der Waals surface area contributed by atoms with Gasteiger partial charge in [-0.2, -0.15) is 0 Å². The number of fused-ring (bicyclic) bond motifs is 3. The smallest absolute Gasteiger partial charge is 0.406 e. The predicted octanol–water partition coefficient (Wildman–Crippen LogP) is 3.67. The van der Waals surface area contributed by atoms with E-state index in [1.165, 1.54) is 35.5 Å². The molecule has 0 amide bonds. The summed E-state index contributed by atoms with van der Waals surface area (Å²) in [7, 11) is 0. The fraction of sp³-hybridized carbons (Fsp3) is 0.267. The summed E-state index contributed by atoms with van der Waals surface area (Å²) < 4.78 is 5.76. The molecule has 1 aliphatic carbocycles. The van der Waals surface area contributed by atoms with E-state index < -0.39 is 4.92 Å². The Morgan fingerprint density at radius 3 is 2.96 bits per heavy atom. The molecule has 3 heterocycles. The summed E-state index contributed by atoms with van der Waals surface area (Å²) in [6.45, 7) is 0. The Bertz CT molecular complexity index is 909. The van der Waals surface area contributed by atoms with Crippen molar-refractivity contribution in [1.82, 2.24) is 15.0 Å². The molecule has 0 radical (unpaired) electrons. The third-order valence-electron chi connectivity index (χ3n) is 3.85. The van der Waals surface area contributed by atoms with Crippen LogP contribution in [0.3, 0.4) is 0 Å². The number of hydrogen-bond donors (Lipinski definition) is 0. The van der Waals surface area contributed by atoms with Gasteiger partial charge >= 0.3 is 5.82 Å². The second-order valence-electron chi connectivity index (χ2n) is 5.25. The van der Waals surface area contributed by atoms with Crippen LogP contribution in [-0.4, -0.2) is 19.9 Å². The number of nitro groups is 1. The van der Waals surface area contributed by atoms with Crippen LogP contribution in [0, 0.1) is 10.1 Å². The van der Waals surface area contributed by atoms with Crippen LogP contribution in [0.25, 0.3) is 10.2 Å². The molecular formula is C15H12N4O3S. The van der Waals surface area contributed by atoms with Gasteiger partial charge in [-0.15, -0.1) is 11.3 Å². The van der Waals surface area contributed by atoms with Crippen molar-refractivity contribution in [3.05, 3.63) is 45.2 Å². The van der Waals surface area contributed by atoms with E-state index in [2.05, 4.69) is 15.0 Å². The lowest BCUT2D eigenvalue weighted by molar-refractivity contribution is -0.390. The minimum absolute atomic E-state index is 0.0910. The van der Waals surface area contributed by atoms with Gasteiger partial charge in [0.25, 0.3) is 0 Å². The second-order valence-corrected chi connectivity index (χ2v) is 6.34. The lowest BCUT2D eigenvalue weighted by atomic mass is 9.97. The first-order chi connectivity index (χ1) is 11.2. The number of nitrogens with zero attached hydrogens (tertiary/aromatic N) is 4. The van der Waals surface area contributed by atoms with Crippen molar-refractivity contribution >= 4 is 27.4 Å². The molecule has 0 aliphatic heterocycles. The molecule has 3 aromatic rings. The molecule has 0 unspecified atom stereocenters. The van der Waals surface area contributed by atoms with E-state index in [1.807, 2.05) is 0 Å². The van der Waals surface area contributed by atoms with Gasteiger partial charge in [0.15, 0.2) is 0 Å². The van der Waals surface area contributed by atoms with E-state index in [0.717, 1.165) is 29.5 Å². The Hall–Kier alpha value is -2.61. The summed E-state index contributed by atoms with van der Waals surface area (Å²) in [6.07, 6.45) is 7.11. The number of ether oxygens (including phenoxy) is 1. The SMILES string of the molecule is O=[N+]([O-])c1ncccc1Oc1ncnc2sc3c(c12)CCCC3. The number of hydrogen-bond acceptors (Lipinski definition) is 7. The highest BCUT2D eigenvalue weighted by Gasteiger charge is 2.23. The molecule has 23 heavy (non-hydrogen) atoms. The van der Waals surface area contributed by atoms with E-state index in [-0.39, 0.29) is 11.6 Å². The lowest BCUT2D eigenvalue weighted by Crippen LogP contribution is -2.00. The fourth-order valence-corrected chi connectivity index (χ4v) is 4.06. The maximum atomic E-state index is 11.1. The minimum Gasteiger partial charge on any atom is -0.429 e. The molecule has 7 nitrogen and oxygen atoms in total. The standard InChI is InChI=1S/C15H12N4O3S/c20-19(21)13-10(5-3-7-16-13)22-14-12-9-4-1-2-6-11(9)23-15(12)18-8-17-14/h3,5,7-8H,1-2,4,6H2. The van der Waals surface area contributed by atoms with Gasteiger partial charge in [0, 0.05) is 4.88 Å². The highest BCUT2D eigenvalue weighted by molar-refractivity contribution is 7.18. The third-order valence-corrected chi connectivity index (χ3v) is 5.05. The molecule has 116 valence electrons. The number of aromatic nitrogens is 3. The molecule has 0 spiro atoms. The summed E-state index contributed by atoms with van der Waals surface area (Å²) in [5.74, 6) is 0.141. The largest absolute Gasteiger partial charge is 0.429 e. The zero-order valence-corrected chi connectivity index (χ0v) is 12.9. The molecule has 0 aromatic carbocycles. The lowest BCUT2D eigenvalue weighted by Gasteiger charge is -2.11. The molecule has 4 rings (SSSR count). The van der Waals surface area contributed by atoms with Gasteiger partial charge in [0.2, 0.25) is 11.6 Å². The summed E-state index contributed by atoms with van der Waals surface area (Å²) in [5, 5.41) is 12.0. The molecule has 0 fully saturated rings. The van der Waals surface area contributed by atoms with E-state index in [0.29, 0.717) is 5.88 Å². The van der Waals surface area contributed by atoms with Gasteiger partial charge in [0.05, 0.1) is 5.39 Å². The Labute approximate surface area is 135 Å². The Morgan fingerprint density at radius 2 is 2.09 bits per heavy atom. The van der Waals surface area contributed by atoms with Gasteiger partial charge in [-0.1, -0.05) is 0 Å². The van der Waals surface area contributed by atoms with Crippen LogP contribution >= 0.6 is 11.3 Å². The molecule has 8 heteroatoms. The summed E-state index contributed by atoms with van der Waals surface area (Å²) >= 11 is 1.65. The maximum absolute atomic E-state index is 11.1. The van der Waals surface area contributed by atoms with Crippen LogP contribution < -0.4 is 4.74 Å². The van der Waals surface area contributed by atoms with Crippen molar-refractivity contribution in [3.8, 4) is 11.6 Å². The van der Waals surface area contributed by atoms with Crippen molar-refractivity contribution < 1.29 is 9.66 Å². The Kier molecular flexibility index (Phi) is 3.38. The quantitative estimate of drug-likeness (QED) is 0.538. The highest BCUT2D eigenvalue weighted by Crippen LogP contribution is 2.40. The molecule has 3 aromatic heterocycles.